The van der Waals surface area contributed by atoms with Gasteiger partial charge in [-0.15, -0.1) is 0 Å². The molecule has 1 amide bonds. The molecule has 7 heteroatoms. The minimum absolute atomic E-state index is 0.0215. The van der Waals surface area contributed by atoms with Gasteiger partial charge in [-0.05, 0) is 68.0 Å². The highest BCUT2D eigenvalue weighted by Crippen LogP contribution is 2.43. The molecule has 0 bridgehead atoms. The number of fused-ring (bicyclic) bond motifs is 1. The molecule has 5 nitrogen and oxygen atoms in total. The van der Waals surface area contributed by atoms with Crippen molar-refractivity contribution in [2.75, 3.05) is 24.2 Å². The summed E-state index contributed by atoms with van der Waals surface area (Å²) in [4.78, 5) is 19.4. The third-order valence-corrected chi connectivity index (χ3v) is 7.25. The molecule has 0 spiro atoms. The molecule has 0 saturated carbocycles. The fourth-order valence-electron chi connectivity index (χ4n) is 4.38. The van der Waals surface area contributed by atoms with Crippen LogP contribution >= 0.6 is 11.6 Å². The lowest BCUT2D eigenvalue weighted by atomic mass is 9.90. The Kier molecular flexibility index (Phi) is 5.06. The molecule has 4 rings (SSSR count). The zero-order valence-electron chi connectivity index (χ0n) is 16.3. The average molecular weight is 418 g/mol. The van der Waals surface area contributed by atoms with Crippen LogP contribution in [0.3, 0.4) is 0 Å². The van der Waals surface area contributed by atoms with E-state index < -0.39 is 16.5 Å². The Labute approximate surface area is 173 Å². The van der Waals surface area contributed by atoms with Gasteiger partial charge in [0.15, 0.2) is 0 Å². The fourth-order valence-corrected chi connectivity index (χ4v) is 5.28. The first-order valence-electron chi connectivity index (χ1n) is 9.47. The molecule has 1 aromatic heterocycles. The van der Waals surface area contributed by atoms with Crippen LogP contribution in [-0.4, -0.2) is 38.8 Å². The Bertz CT molecular complexity index is 954. The van der Waals surface area contributed by atoms with Crippen LogP contribution in [0.4, 0.5) is 5.69 Å². The van der Waals surface area contributed by atoms with Gasteiger partial charge < -0.3 is 0 Å². The Morgan fingerprint density at radius 2 is 1.89 bits per heavy atom. The molecule has 28 heavy (non-hydrogen) atoms. The molecular formula is C21H24ClN3O2S. The highest BCUT2D eigenvalue weighted by Gasteiger charge is 2.44. The Morgan fingerprint density at radius 3 is 2.57 bits per heavy atom. The van der Waals surface area contributed by atoms with Gasteiger partial charge >= 0.3 is 0 Å². The predicted molar refractivity (Wildman–Crippen MR) is 113 cm³/mol. The second-order valence-electron chi connectivity index (χ2n) is 7.99. The first-order chi connectivity index (χ1) is 13.3. The van der Waals surface area contributed by atoms with Crippen LogP contribution < -0.4 is 4.90 Å². The van der Waals surface area contributed by atoms with Crippen LogP contribution in [0, 0.1) is 0 Å². The summed E-state index contributed by atoms with van der Waals surface area (Å²) in [6.07, 6.45) is 7.26. The topological polar surface area (TPSA) is 53.5 Å². The molecule has 1 unspecified atom stereocenters. The molecule has 2 aliphatic heterocycles. The Balaban J connectivity index is 1.64. The number of benzene rings is 1. The Hall–Kier alpha value is -1.76. The number of hydrogen-bond donors (Lipinski definition) is 0. The van der Waals surface area contributed by atoms with Gasteiger partial charge in [0.05, 0.1) is 28.4 Å². The van der Waals surface area contributed by atoms with Crippen molar-refractivity contribution in [1.82, 2.24) is 9.29 Å². The van der Waals surface area contributed by atoms with Crippen molar-refractivity contribution in [1.29, 1.82) is 0 Å². The summed E-state index contributed by atoms with van der Waals surface area (Å²) in [7, 11) is -0.915. The molecule has 0 N–H and O–H groups in total. The van der Waals surface area contributed by atoms with E-state index in [1.807, 2.05) is 35.3 Å². The average Bonchev–Trinajstić information content (AvgIpc) is 2.87. The highest BCUT2D eigenvalue weighted by molar-refractivity contribution is 7.81. The van der Waals surface area contributed by atoms with Crippen LogP contribution in [0.25, 0.3) is 0 Å². The van der Waals surface area contributed by atoms with Gasteiger partial charge in [0.1, 0.15) is 0 Å². The summed E-state index contributed by atoms with van der Waals surface area (Å²) >= 11 is 6.19. The SMILES string of the molecule is CS(=O)N1CCC(c2cncc(N3C(=O)c4ccc(Cl)cc4C3(C)C)c2)CC1. The summed E-state index contributed by atoms with van der Waals surface area (Å²) in [5.41, 5.74) is 3.07. The van der Waals surface area contributed by atoms with Crippen molar-refractivity contribution in [2.24, 2.45) is 0 Å². The number of pyridine rings is 1. The quantitative estimate of drug-likeness (QED) is 0.755. The van der Waals surface area contributed by atoms with Crippen molar-refractivity contribution in [3.8, 4) is 0 Å². The number of carbonyl (C=O) groups excluding carboxylic acids is 1. The zero-order valence-corrected chi connectivity index (χ0v) is 17.9. The number of amides is 1. The van der Waals surface area contributed by atoms with Gasteiger partial charge in [-0.1, -0.05) is 11.6 Å². The van der Waals surface area contributed by atoms with Crippen LogP contribution in [0.1, 0.15) is 54.1 Å². The van der Waals surface area contributed by atoms with Crippen molar-refractivity contribution < 1.29 is 9.00 Å². The van der Waals surface area contributed by atoms with Gasteiger partial charge in [-0.3, -0.25) is 14.7 Å². The molecule has 3 heterocycles. The highest BCUT2D eigenvalue weighted by atomic mass is 35.5. The number of hydrogen-bond acceptors (Lipinski definition) is 3. The summed E-state index contributed by atoms with van der Waals surface area (Å²) in [6, 6.07) is 7.54. The van der Waals surface area contributed by atoms with Gasteiger partial charge in [-0.2, -0.15) is 0 Å². The van der Waals surface area contributed by atoms with Gasteiger partial charge in [0, 0.05) is 36.1 Å². The predicted octanol–water partition coefficient (Wildman–Crippen LogP) is 4.10. The lowest BCUT2D eigenvalue weighted by Gasteiger charge is -2.34. The molecule has 0 radical (unpaired) electrons. The lowest BCUT2D eigenvalue weighted by Crippen LogP contribution is -2.39. The summed E-state index contributed by atoms with van der Waals surface area (Å²) < 4.78 is 13.7. The van der Waals surface area contributed by atoms with E-state index in [1.165, 1.54) is 0 Å². The lowest BCUT2D eigenvalue weighted by molar-refractivity contribution is 0.0982. The molecule has 2 aliphatic rings. The maximum absolute atomic E-state index is 13.1. The summed E-state index contributed by atoms with van der Waals surface area (Å²) in [5, 5.41) is 0.633. The minimum Gasteiger partial charge on any atom is -0.297 e. The smallest absolute Gasteiger partial charge is 0.259 e. The van der Waals surface area contributed by atoms with E-state index in [-0.39, 0.29) is 5.91 Å². The van der Waals surface area contributed by atoms with Crippen LogP contribution in [0.5, 0.6) is 0 Å². The largest absolute Gasteiger partial charge is 0.297 e. The maximum Gasteiger partial charge on any atom is 0.259 e. The number of piperidine rings is 1. The minimum atomic E-state index is -0.915. The number of rotatable bonds is 3. The van der Waals surface area contributed by atoms with E-state index in [4.69, 9.17) is 11.6 Å². The van der Waals surface area contributed by atoms with Crippen molar-refractivity contribution in [3.63, 3.8) is 0 Å². The molecule has 0 aliphatic carbocycles. The fraction of sp³-hybridized carbons (Fsp3) is 0.429. The molecule has 1 fully saturated rings. The number of nitrogens with zero attached hydrogens (tertiary/aromatic N) is 3. The third-order valence-electron chi connectivity index (χ3n) is 5.93. The number of halogens is 1. The second-order valence-corrected chi connectivity index (χ2v) is 9.79. The molecule has 1 aromatic carbocycles. The molecule has 2 aromatic rings. The van der Waals surface area contributed by atoms with Gasteiger partial charge in [-0.25, -0.2) is 8.51 Å². The van der Waals surface area contributed by atoms with Gasteiger partial charge in [0.2, 0.25) is 0 Å². The monoisotopic (exact) mass is 417 g/mol. The van der Waals surface area contributed by atoms with E-state index in [0.717, 1.165) is 42.7 Å². The van der Waals surface area contributed by atoms with E-state index in [0.29, 0.717) is 16.5 Å². The molecule has 1 saturated heterocycles. The summed E-state index contributed by atoms with van der Waals surface area (Å²) in [6.45, 7) is 5.70. The van der Waals surface area contributed by atoms with Crippen molar-refractivity contribution in [2.45, 2.75) is 38.1 Å². The number of aromatic nitrogens is 1. The number of carbonyl (C=O) groups is 1. The van der Waals surface area contributed by atoms with Crippen LogP contribution in [-0.2, 0) is 16.5 Å². The molecule has 1 atom stereocenters. The first kappa shape index (κ1) is 19.6. The maximum atomic E-state index is 13.1. The standard InChI is InChI=1S/C21H24ClN3O2S/c1-21(2)19-11-16(22)4-5-18(19)20(26)25(21)17-10-15(12-23-13-17)14-6-8-24(9-7-14)28(3)27/h4-5,10-14H,6-9H2,1-3H3. The second kappa shape index (κ2) is 7.25. The van der Waals surface area contributed by atoms with Crippen LogP contribution in [0.2, 0.25) is 5.02 Å². The van der Waals surface area contributed by atoms with Gasteiger partial charge in [0.25, 0.3) is 5.91 Å². The number of anilines is 1. The normalized spacial score (nSPS) is 21.0. The van der Waals surface area contributed by atoms with Crippen molar-refractivity contribution in [3.05, 3.63) is 58.4 Å². The molecular weight excluding hydrogens is 394 g/mol. The first-order valence-corrected chi connectivity index (χ1v) is 11.4. The van der Waals surface area contributed by atoms with E-state index in [1.54, 1.807) is 24.6 Å². The Morgan fingerprint density at radius 1 is 1.18 bits per heavy atom. The van der Waals surface area contributed by atoms with E-state index >= 15 is 0 Å². The van der Waals surface area contributed by atoms with Crippen molar-refractivity contribution >= 4 is 34.2 Å². The third kappa shape index (κ3) is 3.27. The van der Waals surface area contributed by atoms with Crippen LogP contribution in [0.15, 0.2) is 36.7 Å². The zero-order chi connectivity index (χ0) is 20.1. The van der Waals surface area contributed by atoms with E-state index in [9.17, 15) is 9.00 Å². The summed E-state index contributed by atoms with van der Waals surface area (Å²) in [5.74, 6) is 0.344. The van der Waals surface area contributed by atoms with E-state index in [2.05, 4.69) is 11.1 Å². The molecule has 148 valence electrons.